The molecule has 0 atom stereocenters. The number of benzene rings is 4. The van der Waals surface area contributed by atoms with E-state index in [1.54, 1.807) is 38.4 Å². The molecule has 5 rings (SSSR count). The van der Waals surface area contributed by atoms with Crippen molar-refractivity contribution >= 4 is 22.7 Å². The first-order valence-corrected chi connectivity index (χ1v) is 11.8. The molecule has 0 bridgehead atoms. The van der Waals surface area contributed by atoms with Gasteiger partial charge >= 0.3 is 0 Å². The van der Waals surface area contributed by atoms with Gasteiger partial charge in [0, 0.05) is 35.5 Å². The average molecular weight is 494 g/mol. The Bertz CT molecular complexity index is 1620. The minimum absolute atomic E-state index is 0.0274. The molecule has 6 heteroatoms. The van der Waals surface area contributed by atoms with E-state index in [1.165, 1.54) is 12.1 Å². The number of nitrogens with one attached hydrogen (secondary N) is 1. The lowest BCUT2D eigenvalue weighted by molar-refractivity contribution is 0.0962. The Balaban J connectivity index is 1.54. The van der Waals surface area contributed by atoms with Crippen molar-refractivity contribution in [1.29, 1.82) is 0 Å². The Morgan fingerprint density at radius 3 is 2.35 bits per heavy atom. The van der Waals surface area contributed by atoms with Crippen LogP contribution in [0.1, 0.15) is 26.3 Å². The summed E-state index contributed by atoms with van der Waals surface area (Å²) < 4.78 is 24.9. The van der Waals surface area contributed by atoms with Gasteiger partial charge in [-0.2, -0.15) is 0 Å². The van der Waals surface area contributed by atoms with Crippen LogP contribution in [0.25, 0.3) is 33.4 Å². The van der Waals surface area contributed by atoms with Gasteiger partial charge in [-0.15, -0.1) is 0 Å². The molecular formula is C31H24FNO4. The molecule has 0 fully saturated rings. The van der Waals surface area contributed by atoms with E-state index >= 15 is 0 Å². The molecule has 184 valence electrons. The van der Waals surface area contributed by atoms with Crippen molar-refractivity contribution in [2.45, 2.75) is 6.42 Å². The zero-order valence-corrected chi connectivity index (χ0v) is 20.4. The minimum Gasteiger partial charge on any atom is -0.496 e. The summed E-state index contributed by atoms with van der Waals surface area (Å²) in [5, 5.41) is 3.30. The molecule has 1 N–H and O–H groups in total. The van der Waals surface area contributed by atoms with E-state index in [1.807, 2.05) is 54.6 Å². The summed E-state index contributed by atoms with van der Waals surface area (Å²) in [7, 11) is 3.14. The van der Waals surface area contributed by atoms with E-state index < -0.39 is 0 Å². The van der Waals surface area contributed by atoms with Crippen molar-refractivity contribution in [3.63, 3.8) is 0 Å². The second-order valence-corrected chi connectivity index (χ2v) is 8.60. The maximum Gasteiger partial charge on any atom is 0.255 e. The Morgan fingerprint density at radius 2 is 1.59 bits per heavy atom. The van der Waals surface area contributed by atoms with Crippen molar-refractivity contribution in [2.75, 3.05) is 14.2 Å². The van der Waals surface area contributed by atoms with Crippen LogP contribution < -0.4 is 10.1 Å². The van der Waals surface area contributed by atoms with Gasteiger partial charge in [0.2, 0.25) is 0 Å². The highest BCUT2D eigenvalue weighted by atomic mass is 19.1. The van der Waals surface area contributed by atoms with Gasteiger partial charge in [0.1, 0.15) is 22.9 Å². The van der Waals surface area contributed by atoms with E-state index in [0.29, 0.717) is 39.2 Å². The highest BCUT2D eigenvalue weighted by molar-refractivity contribution is 6.12. The zero-order valence-electron chi connectivity index (χ0n) is 20.4. The molecule has 0 aliphatic carbocycles. The molecule has 1 aromatic heterocycles. The first-order chi connectivity index (χ1) is 18.0. The van der Waals surface area contributed by atoms with E-state index in [2.05, 4.69) is 5.32 Å². The van der Waals surface area contributed by atoms with Crippen molar-refractivity contribution in [2.24, 2.45) is 0 Å². The summed E-state index contributed by atoms with van der Waals surface area (Å²) >= 11 is 0. The number of halogens is 1. The summed E-state index contributed by atoms with van der Waals surface area (Å²) in [4.78, 5) is 26.0. The number of carbonyl (C=O) groups excluding carboxylic acids is 2. The summed E-state index contributed by atoms with van der Waals surface area (Å²) in [5.41, 5.74) is 4.57. The lowest BCUT2D eigenvalue weighted by Gasteiger charge is -2.09. The number of fused-ring (bicyclic) bond motifs is 1. The number of amides is 1. The third kappa shape index (κ3) is 4.74. The number of Topliss-reactive ketones (excluding diaryl/α,β-unsaturated/α-hetero) is 1. The molecule has 1 amide bonds. The monoisotopic (exact) mass is 493 g/mol. The Morgan fingerprint density at radius 1 is 0.865 bits per heavy atom. The van der Waals surface area contributed by atoms with Crippen LogP contribution in [0.4, 0.5) is 4.39 Å². The fourth-order valence-electron chi connectivity index (χ4n) is 4.43. The smallest absolute Gasteiger partial charge is 0.255 e. The third-order valence-corrected chi connectivity index (χ3v) is 6.31. The van der Waals surface area contributed by atoms with Crippen LogP contribution >= 0.6 is 0 Å². The minimum atomic E-state index is -0.372. The second kappa shape index (κ2) is 10.1. The van der Waals surface area contributed by atoms with Gasteiger partial charge in [-0.05, 0) is 59.7 Å². The number of rotatable bonds is 7. The van der Waals surface area contributed by atoms with Gasteiger partial charge in [-0.25, -0.2) is 4.39 Å². The SMILES string of the molecule is CNC(=O)c1c(-c2ccc(F)cc2)oc2ccc(-c3cccc(C(=O)Cc4ccccc4OC)c3)cc12. The molecular weight excluding hydrogens is 469 g/mol. The summed E-state index contributed by atoms with van der Waals surface area (Å²) in [6, 6.07) is 26.2. The molecule has 0 aliphatic rings. The maximum absolute atomic E-state index is 13.5. The lowest BCUT2D eigenvalue weighted by atomic mass is 9.96. The fourth-order valence-corrected chi connectivity index (χ4v) is 4.43. The summed E-state index contributed by atoms with van der Waals surface area (Å²) in [6.45, 7) is 0. The largest absolute Gasteiger partial charge is 0.496 e. The zero-order chi connectivity index (χ0) is 25.9. The molecule has 0 unspecified atom stereocenters. The third-order valence-electron chi connectivity index (χ3n) is 6.31. The van der Waals surface area contributed by atoms with E-state index in [0.717, 1.165) is 16.7 Å². The maximum atomic E-state index is 13.5. The molecule has 4 aromatic carbocycles. The molecule has 0 saturated heterocycles. The van der Waals surface area contributed by atoms with Crippen LogP contribution in [0.5, 0.6) is 5.75 Å². The van der Waals surface area contributed by atoms with Crippen LogP contribution in [0.2, 0.25) is 0 Å². The van der Waals surface area contributed by atoms with Gasteiger partial charge in [-0.3, -0.25) is 9.59 Å². The number of ketones is 1. The molecule has 5 aromatic rings. The van der Waals surface area contributed by atoms with Crippen molar-refractivity contribution in [1.82, 2.24) is 5.32 Å². The number of methoxy groups -OCH3 is 1. The Labute approximate surface area is 213 Å². The quantitative estimate of drug-likeness (QED) is 0.256. The van der Waals surface area contributed by atoms with Gasteiger partial charge < -0.3 is 14.5 Å². The van der Waals surface area contributed by atoms with E-state index in [9.17, 15) is 14.0 Å². The van der Waals surface area contributed by atoms with Gasteiger partial charge in [0.15, 0.2) is 5.78 Å². The predicted molar refractivity (Wildman–Crippen MR) is 141 cm³/mol. The lowest BCUT2D eigenvalue weighted by Crippen LogP contribution is -2.18. The van der Waals surface area contributed by atoms with Crippen LogP contribution in [-0.4, -0.2) is 25.8 Å². The molecule has 0 aliphatic heterocycles. The van der Waals surface area contributed by atoms with Gasteiger partial charge in [0.25, 0.3) is 5.91 Å². The van der Waals surface area contributed by atoms with E-state index in [4.69, 9.17) is 9.15 Å². The summed E-state index contributed by atoms with van der Waals surface area (Å²) in [6.07, 6.45) is 0.218. The molecule has 37 heavy (non-hydrogen) atoms. The Kier molecular flexibility index (Phi) is 6.56. The average Bonchev–Trinajstić information content (AvgIpc) is 3.32. The predicted octanol–water partition coefficient (Wildman–Crippen LogP) is 6.70. The summed E-state index contributed by atoms with van der Waals surface area (Å²) in [5.74, 6) is 0.337. The highest BCUT2D eigenvalue weighted by Crippen LogP contribution is 2.36. The van der Waals surface area contributed by atoms with E-state index in [-0.39, 0.29) is 23.9 Å². The van der Waals surface area contributed by atoms with Crippen LogP contribution in [0.15, 0.2) is 95.4 Å². The normalized spacial score (nSPS) is 10.9. The molecule has 5 nitrogen and oxygen atoms in total. The van der Waals surface area contributed by atoms with Gasteiger partial charge in [-0.1, -0.05) is 42.5 Å². The van der Waals surface area contributed by atoms with Crippen molar-refractivity contribution < 1.29 is 23.1 Å². The first-order valence-electron chi connectivity index (χ1n) is 11.8. The van der Waals surface area contributed by atoms with Crippen LogP contribution in [0, 0.1) is 5.82 Å². The number of para-hydroxylation sites is 1. The molecule has 1 heterocycles. The van der Waals surface area contributed by atoms with Crippen LogP contribution in [-0.2, 0) is 6.42 Å². The van der Waals surface area contributed by atoms with Crippen LogP contribution in [0.3, 0.4) is 0 Å². The van der Waals surface area contributed by atoms with Crippen molar-refractivity contribution in [3.05, 3.63) is 114 Å². The second-order valence-electron chi connectivity index (χ2n) is 8.60. The number of ether oxygens (including phenoxy) is 1. The van der Waals surface area contributed by atoms with Crippen molar-refractivity contribution in [3.8, 4) is 28.2 Å². The molecule has 0 spiro atoms. The number of hydrogen-bond donors (Lipinski definition) is 1. The Hall–Kier alpha value is -4.71. The first kappa shape index (κ1) is 24.0. The molecule has 0 radical (unpaired) electrons. The van der Waals surface area contributed by atoms with Gasteiger partial charge in [0.05, 0.1) is 12.7 Å². The molecule has 0 saturated carbocycles. The standard InChI is InChI=1S/C31H24FNO4/c1-33-31(35)29-25-17-21(12-15-28(25)37-30(29)19-10-13-24(32)14-11-19)20-7-5-8-22(16-20)26(34)18-23-6-3-4-9-27(23)36-2/h3-17H,18H2,1-2H3,(H,33,35). The highest BCUT2D eigenvalue weighted by Gasteiger charge is 2.22. The number of carbonyl (C=O) groups is 2. The fraction of sp³-hybridized carbons (Fsp3) is 0.0968. The topological polar surface area (TPSA) is 68.5 Å². The number of furan rings is 1. The number of hydrogen-bond acceptors (Lipinski definition) is 4.